The van der Waals surface area contributed by atoms with Gasteiger partial charge in [-0.25, -0.2) is 18.1 Å². The molecule has 1 fully saturated rings. The maximum Gasteiger partial charge on any atom is 0.217 e. The van der Waals surface area contributed by atoms with Gasteiger partial charge in [0, 0.05) is 18.3 Å². The zero-order chi connectivity index (χ0) is 12.3. The van der Waals surface area contributed by atoms with Gasteiger partial charge < -0.3 is 4.74 Å². The molecule has 0 aromatic carbocycles. The number of hydrogen-bond acceptors (Lipinski definition) is 4. The molecule has 0 unspecified atom stereocenters. The van der Waals surface area contributed by atoms with Crippen molar-refractivity contribution in [2.75, 3.05) is 6.61 Å². The lowest BCUT2D eigenvalue weighted by atomic mass is 10.3. The van der Waals surface area contributed by atoms with Gasteiger partial charge in [-0.3, -0.25) is 0 Å². The molecule has 17 heavy (non-hydrogen) atoms. The Hall–Kier alpha value is -1.14. The second-order valence-electron chi connectivity index (χ2n) is 3.97. The number of aromatic nitrogens is 1. The quantitative estimate of drug-likeness (QED) is 0.826. The van der Waals surface area contributed by atoms with Crippen LogP contribution in [0, 0.1) is 0 Å². The Morgan fingerprint density at radius 1 is 1.53 bits per heavy atom. The lowest BCUT2D eigenvalue weighted by molar-refractivity contribution is 0.322. The molecule has 6 heteroatoms. The third-order valence-corrected chi connectivity index (χ3v) is 4.45. The van der Waals surface area contributed by atoms with Crippen LogP contribution < -0.4 is 9.46 Å². The van der Waals surface area contributed by atoms with Crippen LogP contribution in [0.3, 0.4) is 0 Å². The SMILES string of the molecule is CCOc1ncccc1CNS(=O)(=O)C1CC1. The van der Waals surface area contributed by atoms with Gasteiger partial charge in [-0.15, -0.1) is 0 Å². The van der Waals surface area contributed by atoms with Gasteiger partial charge in [-0.2, -0.15) is 0 Å². The second-order valence-corrected chi connectivity index (χ2v) is 6.01. The van der Waals surface area contributed by atoms with E-state index in [1.54, 1.807) is 12.3 Å². The van der Waals surface area contributed by atoms with Crippen LogP contribution in [0.25, 0.3) is 0 Å². The molecule has 5 nitrogen and oxygen atoms in total. The molecule has 0 radical (unpaired) electrons. The van der Waals surface area contributed by atoms with E-state index in [0.29, 0.717) is 12.5 Å². The summed E-state index contributed by atoms with van der Waals surface area (Å²) in [6.45, 7) is 2.62. The molecular weight excluding hydrogens is 240 g/mol. The van der Waals surface area contributed by atoms with Gasteiger partial charge in [0.25, 0.3) is 0 Å². The molecule has 94 valence electrons. The third-order valence-electron chi connectivity index (χ3n) is 2.56. The largest absolute Gasteiger partial charge is 0.478 e. The lowest BCUT2D eigenvalue weighted by Gasteiger charge is -2.09. The molecule has 2 rings (SSSR count). The molecule has 1 saturated carbocycles. The molecular formula is C11H16N2O3S. The van der Waals surface area contributed by atoms with Gasteiger partial charge in [-0.05, 0) is 25.8 Å². The Morgan fingerprint density at radius 3 is 2.94 bits per heavy atom. The van der Waals surface area contributed by atoms with Crippen LogP contribution in [0.2, 0.25) is 0 Å². The van der Waals surface area contributed by atoms with Gasteiger partial charge in [0.15, 0.2) is 0 Å². The molecule has 1 aromatic heterocycles. The van der Waals surface area contributed by atoms with Crippen molar-refractivity contribution in [3.8, 4) is 5.88 Å². The van der Waals surface area contributed by atoms with E-state index >= 15 is 0 Å². The molecule has 0 bridgehead atoms. The van der Waals surface area contributed by atoms with Crippen LogP contribution >= 0.6 is 0 Å². The summed E-state index contributed by atoms with van der Waals surface area (Å²) < 4.78 is 31.2. The molecule has 1 heterocycles. The normalized spacial score (nSPS) is 15.8. The summed E-state index contributed by atoms with van der Waals surface area (Å²) in [6, 6.07) is 3.58. The number of nitrogens with one attached hydrogen (secondary N) is 1. The second kappa shape index (κ2) is 5.01. The number of sulfonamides is 1. The van der Waals surface area contributed by atoms with Crippen molar-refractivity contribution in [1.82, 2.24) is 9.71 Å². The highest BCUT2D eigenvalue weighted by molar-refractivity contribution is 7.90. The van der Waals surface area contributed by atoms with Gasteiger partial charge >= 0.3 is 0 Å². The Morgan fingerprint density at radius 2 is 2.29 bits per heavy atom. The molecule has 0 aliphatic heterocycles. The Kier molecular flexibility index (Phi) is 3.63. The topological polar surface area (TPSA) is 68.3 Å². The predicted molar refractivity (Wildman–Crippen MR) is 64.2 cm³/mol. The summed E-state index contributed by atoms with van der Waals surface area (Å²) in [5.41, 5.74) is 0.763. The van der Waals surface area contributed by atoms with E-state index in [2.05, 4.69) is 9.71 Å². The minimum absolute atomic E-state index is 0.199. The van der Waals surface area contributed by atoms with Crippen molar-refractivity contribution in [2.24, 2.45) is 0 Å². The third kappa shape index (κ3) is 3.17. The maximum atomic E-state index is 11.7. The predicted octanol–water partition coefficient (Wildman–Crippen LogP) is 1.06. The standard InChI is InChI=1S/C11H16N2O3S/c1-2-16-11-9(4-3-7-12-11)8-13-17(14,15)10-5-6-10/h3-4,7,10,13H,2,5-6,8H2,1H3. The van der Waals surface area contributed by atoms with Crippen molar-refractivity contribution in [3.05, 3.63) is 23.9 Å². The Balaban J connectivity index is 2.03. The number of ether oxygens (including phenoxy) is 1. The first kappa shape index (κ1) is 12.3. The van der Waals surface area contributed by atoms with Crippen molar-refractivity contribution in [3.63, 3.8) is 0 Å². The van der Waals surface area contributed by atoms with Crippen LogP contribution in [0.15, 0.2) is 18.3 Å². The first-order valence-electron chi connectivity index (χ1n) is 5.68. The Bertz CT molecular complexity index is 483. The number of nitrogens with zero attached hydrogens (tertiary/aromatic N) is 1. The zero-order valence-electron chi connectivity index (χ0n) is 9.72. The summed E-state index contributed by atoms with van der Waals surface area (Å²) >= 11 is 0. The van der Waals surface area contributed by atoms with E-state index in [-0.39, 0.29) is 11.8 Å². The highest BCUT2D eigenvalue weighted by atomic mass is 32.2. The van der Waals surface area contributed by atoms with Crippen molar-refractivity contribution >= 4 is 10.0 Å². The summed E-state index contributed by atoms with van der Waals surface area (Å²) in [4.78, 5) is 4.07. The summed E-state index contributed by atoms with van der Waals surface area (Å²) in [5.74, 6) is 0.494. The first-order valence-corrected chi connectivity index (χ1v) is 7.23. The van der Waals surface area contributed by atoms with E-state index in [1.807, 2.05) is 13.0 Å². The van der Waals surface area contributed by atoms with E-state index in [4.69, 9.17) is 4.74 Å². The monoisotopic (exact) mass is 256 g/mol. The fourth-order valence-corrected chi connectivity index (χ4v) is 2.85. The maximum absolute atomic E-state index is 11.7. The van der Waals surface area contributed by atoms with Gasteiger partial charge in [0.2, 0.25) is 15.9 Å². The molecule has 1 aliphatic carbocycles. The first-order chi connectivity index (χ1) is 8.13. The number of hydrogen-bond donors (Lipinski definition) is 1. The van der Waals surface area contributed by atoms with Crippen LogP contribution in [0.5, 0.6) is 5.88 Å². The van der Waals surface area contributed by atoms with Crippen LogP contribution in [-0.2, 0) is 16.6 Å². The van der Waals surface area contributed by atoms with Crippen LogP contribution in [0.1, 0.15) is 25.3 Å². The highest BCUT2D eigenvalue weighted by Crippen LogP contribution is 2.27. The fourth-order valence-electron chi connectivity index (χ4n) is 1.50. The smallest absolute Gasteiger partial charge is 0.217 e. The van der Waals surface area contributed by atoms with Gasteiger partial charge in [0.05, 0.1) is 11.9 Å². The van der Waals surface area contributed by atoms with Gasteiger partial charge in [-0.1, -0.05) is 6.07 Å². The molecule has 1 aliphatic rings. The molecule has 0 atom stereocenters. The summed E-state index contributed by atoms with van der Waals surface area (Å²) in [5, 5.41) is -0.199. The molecule has 1 N–H and O–H groups in total. The van der Waals surface area contributed by atoms with E-state index in [1.165, 1.54) is 0 Å². The van der Waals surface area contributed by atoms with E-state index in [9.17, 15) is 8.42 Å². The average Bonchev–Trinajstić information content (AvgIpc) is 3.12. The van der Waals surface area contributed by atoms with Crippen molar-refractivity contribution in [2.45, 2.75) is 31.6 Å². The number of rotatable bonds is 6. The fraction of sp³-hybridized carbons (Fsp3) is 0.545. The van der Waals surface area contributed by atoms with Gasteiger partial charge in [0.1, 0.15) is 0 Å². The molecule has 0 amide bonds. The zero-order valence-corrected chi connectivity index (χ0v) is 10.5. The Labute approximate surface area is 101 Å². The van der Waals surface area contributed by atoms with E-state index < -0.39 is 10.0 Å². The highest BCUT2D eigenvalue weighted by Gasteiger charge is 2.35. The molecule has 0 spiro atoms. The van der Waals surface area contributed by atoms with E-state index in [0.717, 1.165) is 18.4 Å². The van der Waals surface area contributed by atoms with Crippen LogP contribution in [-0.4, -0.2) is 25.3 Å². The summed E-state index contributed by atoms with van der Waals surface area (Å²) in [6.07, 6.45) is 3.16. The average molecular weight is 256 g/mol. The molecule has 1 aromatic rings. The summed E-state index contributed by atoms with van der Waals surface area (Å²) in [7, 11) is -3.15. The number of pyridine rings is 1. The minimum Gasteiger partial charge on any atom is -0.478 e. The molecule has 0 saturated heterocycles. The van der Waals surface area contributed by atoms with Crippen molar-refractivity contribution < 1.29 is 13.2 Å². The minimum atomic E-state index is -3.15. The lowest BCUT2D eigenvalue weighted by Crippen LogP contribution is -2.27. The van der Waals surface area contributed by atoms with Crippen molar-refractivity contribution in [1.29, 1.82) is 0 Å². The van der Waals surface area contributed by atoms with Crippen LogP contribution in [0.4, 0.5) is 0 Å².